The summed E-state index contributed by atoms with van der Waals surface area (Å²) in [6, 6.07) is 16.6. The smallest absolute Gasteiger partial charge is 0.263 e. The van der Waals surface area contributed by atoms with E-state index >= 15 is 0 Å². The molecule has 0 aliphatic carbocycles. The molecular formula is C18H20N2O4S. The second-order valence-corrected chi connectivity index (χ2v) is 7.80. The Morgan fingerprint density at radius 3 is 2.56 bits per heavy atom. The van der Waals surface area contributed by atoms with Crippen LogP contribution >= 0.6 is 0 Å². The van der Waals surface area contributed by atoms with E-state index in [2.05, 4.69) is 5.32 Å². The van der Waals surface area contributed by atoms with Crippen LogP contribution in [0.1, 0.15) is 5.56 Å². The number of benzene rings is 2. The molecule has 0 radical (unpaired) electrons. The number of nitrogens with one attached hydrogen (secondary N) is 1. The number of amides is 1. The Hall–Kier alpha value is -2.54. The Morgan fingerprint density at radius 2 is 1.84 bits per heavy atom. The van der Waals surface area contributed by atoms with Gasteiger partial charge in [0.15, 0.2) is 6.10 Å². The van der Waals surface area contributed by atoms with Gasteiger partial charge in [-0.2, -0.15) is 0 Å². The molecule has 1 unspecified atom stereocenters. The lowest BCUT2D eigenvalue weighted by atomic mass is 10.1. The number of rotatable bonds is 5. The van der Waals surface area contributed by atoms with Gasteiger partial charge in [0.1, 0.15) is 5.75 Å². The molecule has 0 aromatic heterocycles. The van der Waals surface area contributed by atoms with E-state index in [0.717, 1.165) is 11.8 Å². The first kappa shape index (κ1) is 17.3. The van der Waals surface area contributed by atoms with Crippen molar-refractivity contribution in [3.8, 4) is 5.75 Å². The van der Waals surface area contributed by atoms with Crippen molar-refractivity contribution in [3.05, 3.63) is 60.2 Å². The zero-order valence-electron chi connectivity index (χ0n) is 13.9. The van der Waals surface area contributed by atoms with E-state index in [1.807, 2.05) is 30.3 Å². The summed E-state index contributed by atoms with van der Waals surface area (Å²) in [5.74, 6) is 0.0708. The molecule has 3 rings (SSSR count). The zero-order chi connectivity index (χ0) is 17.9. The molecule has 1 atom stereocenters. The summed E-state index contributed by atoms with van der Waals surface area (Å²) in [5, 5.41) is 2.82. The normalized spacial score (nSPS) is 16.7. The lowest BCUT2D eigenvalue weighted by Gasteiger charge is -2.33. The zero-order valence-corrected chi connectivity index (χ0v) is 14.7. The van der Waals surface area contributed by atoms with Gasteiger partial charge in [-0.3, -0.25) is 9.10 Å². The number of hydrogen-bond acceptors (Lipinski definition) is 4. The van der Waals surface area contributed by atoms with Crippen LogP contribution in [0.15, 0.2) is 54.6 Å². The highest BCUT2D eigenvalue weighted by molar-refractivity contribution is 7.92. The highest BCUT2D eigenvalue weighted by Crippen LogP contribution is 2.34. The minimum atomic E-state index is -3.50. The van der Waals surface area contributed by atoms with Crippen LogP contribution in [0.5, 0.6) is 5.75 Å². The molecule has 2 aromatic carbocycles. The minimum absolute atomic E-state index is 0.0347. The van der Waals surface area contributed by atoms with E-state index in [-0.39, 0.29) is 12.5 Å². The lowest BCUT2D eigenvalue weighted by molar-refractivity contribution is -0.127. The predicted octanol–water partition coefficient (Wildman–Crippen LogP) is 1.57. The fraction of sp³-hybridized carbons (Fsp3) is 0.278. The molecule has 1 aliphatic heterocycles. The van der Waals surface area contributed by atoms with Crippen molar-refractivity contribution in [2.24, 2.45) is 0 Å². The summed E-state index contributed by atoms with van der Waals surface area (Å²) in [6.07, 6.45) is 0.950. The molecule has 1 amide bonds. The van der Waals surface area contributed by atoms with E-state index < -0.39 is 16.1 Å². The van der Waals surface area contributed by atoms with Crippen molar-refractivity contribution in [2.45, 2.75) is 12.5 Å². The van der Waals surface area contributed by atoms with Gasteiger partial charge in [-0.1, -0.05) is 42.5 Å². The Bertz CT molecular complexity index is 852. The Morgan fingerprint density at radius 1 is 1.16 bits per heavy atom. The molecule has 0 saturated heterocycles. The van der Waals surface area contributed by atoms with Crippen LogP contribution in [0, 0.1) is 0 Å². The number of anilines is 1. The number of carbonyl (C=O) groups excluding carboxylic acids is 1. The maximum atomic E-state index is 12.4. The third-order valence-electron chi connectivity index (χ3n) is 3.98. The van der Waals surface area contributed by atoms with E-state index in [9.17, 15) is 13.2 Å². The summed E-state index contributed by atoms with van der Waals surface area (Å²) < 4.78 is 31.0. The maximum absolute atomic E-state index is 12.4. The van der Waals surface area contributed by atoms with Crippen molar-refractivity contribution in [3.63, 3.8) is 0 Å². The van der Waals surface area contributed by atoms with Crippen LogP contribution in [0.3, 0.4) is 0 Å². The van der Waals surface area contributed by atoms with Crippen LogP contribution in [0.2, 0.25) is 0 Å². The van der Waals surface area contributed by atoms with Crippen molar-refractivity contribution in [2.75, 3.05) is 23.7 Å². The first-order valence-electron chi connectivity index (χ1n) is 8.00. The number of sulfonamides is 1. The fourth-order valence-electron chi connectivity index (χ4n) is 2.74. The number of hydrogen-bond donors (Lipinski definition) is 1. The van der Waals surface area contributed by atoms with Crippen LogP contribution in [0.4, 0.5) is 5.69 Å². The van der Waals surface area contributed by atoms with Crippen LogP contribution in [0.25, 0.3) is 0 Å². The Balaban J connectivity index is 1.67. The maximum Gasteiger partial charge on any atom is 0.263 e. The van der Waals surface area contributed by atoms with Gasteiger partial charge in [0.05, 0.1) is 18.5 Å². The summed E-state index contributed by atoms with van der Waals surface area (Å²) in [5.41, 5.74) is 1.58. The van der Waals surface area contributed by atoms with Crippen LogP contribution in [-0.2, 0) is 21.2 Å². The number of nitrogens with zero attached hydrogens (tertiary/aromatic N) is 1. The van der Waals surface area contributed by atoms with Gasteiger partial charge in [0.25, 0.3) is 5.91 Å². The molecule has 6 nitrogen and oxygen atoms in total. The lowest BCUT2D eigenvalue weighted by Crippen LogP contribution is -2.50. The number of fused-ring (bicyclic) bond motifs is 1. The second-order valence-electron chi connectivity index (χ2n) is 5.89. The van der Waals surface area contributed by atoms with E-state index in [1.165, 1.54) is 4.31 Å². The summed E-state index contributed by atoms with van der Waals surface area (Å²) >= 11 is 0. The Labute approximate surface area is 147 Å². The first-order valence-corrected chi connectivity index (χ1v) is 9.85. The van der Waals surface area contributed by atoms with Crippen LogP contribution in [-0.4, -0.2) is 39.8 Å². The molecule has 7 heteroatoms. The average Bonchev–Trinajstić information content (AvgIpc) is 2.60. The molecule has 0 spiro atoms. The number of ether oxygens (including phenoxy) is 1. The molecule has 1 N–H and O–H groups in total. The third kappa shape index (κ3) is 4.11. The molecule has 25 heavy (non-hydrogen) atoms. The highest BCUT2D eigenvalue weighted by Gasteiger charge is 2.34. The average molecular weight is 360 g/mol. The standard InChI is InChI=1S/C18H20N2O4S/c1-25(22,23)20-13-17(24-16-10-6-5-9-15(16)20)18(21)19-12-11-14-7-3-2-4-8-14/h2-10,17H,11-13H2,1H3,(H,19,21). The van der Waals surface area contributed by atoms with Gasteiger partial charge >= 0.3 is 0 Å². The van der Waals surface area contributed by atoms with Gasteiger partial charge in [-0.15, -0.1) is 0 Å². The molecule has 1 aliphatic rings. The summed E-state index contributed by atoms with van der Waals surface area (Å²) in [7, 11) is -3.50. The van der Waals surface area contributed by atoms with Crippen molar-refractivity contribution >= 4 is 21.6 Å². The molecule has 0 saturated carbocycles. The van der Waals surface area contributed by atoms with Crippen LogP contribution < -0.4 is 14.4 Å². The highest BCUT2D eigenvalue weighted by atomic mass is 32.2. The quantitative estimate of drug-likeness (QED) is 0.878. The predicted molar refractivity (Wildman–Crippen MR) is 96.2 cm³/mol. The number of para-hydroxylation sites is 2. The fourth-order valence-corrected chi connectivity index (χ4v) is 3.66. The molecule has 1 heterocycles. The topological polar surface area (TPSA) is 75.7 Å². The largest absolute Gasteiger partial charge is 0.476 e. The first-order chi connectivity index (χ1) is 11.9. The van der Waals surface area contributed by atoms with E-state index in [4.69, 9.17) is 4.74 Å². The van der Waals surface area contributed by atoms with Gasteiger partial charge in [-0.05, 0) is 24.1 Å². The second kappa shape index (κ2) is 7.14. The Kier molecular flexibility index (Phi) is 4.94. The molecular weight excluding hydrogens is 340 g/mol. The molecule has 0 bridgehead atoms. The van der Waals surface area contributed by atoms with Crippen molar-refractivity contribution < 1.29 is 17.9 Å². The number of carbonyl (C=O) groups is 1. The molecule has 0 fully saturated rings. The monoisotopic (exact) mass is 360 g/mol. The molecule has 2 aromatic rings. The van der Waals surface area contributed by atoms with Gasteiger partial charge in [0, 0.05) is 6.54 Å². The van der Waals surface area contributed by atoms with Crippen molar-refractivity contribution in [1.82, 2.24) is 5.32 Å². The van der Waals surface area contributed by atoms with E-state index in [1.54, 1.807) is 24.3 Å². The van der Waals surface area contributed by atoms with Gasteiger partial charge in [-0.25, -0.2) is 8.42 Å². The SMILES string of the molecule is CS(=O)(=O)N1CC(C(=O)NCCc2ccccc2)Oc2ccccc21. The van der Waals surface area contributed by atoms with Gasteiger partial charge in [0.2, 0.25) is 10.0 Å². The third-order valence-corrected chi connectivity index (χ3v) is 5.13. The van der Waals surface area contributed by atoms with Gasteiger partial charge < -0.3 is 10.1 Å². The molecule has 132 valence electrons. The van der Waals surface area contributed by atoms with E-state index in [0.29, 0.717) is 24.4 Å². The van der Waals surface area contributed by atoms with Crippen molar-refractivity contribution in [1.29, 1.82) is 0 Å². The minimum Gasteiger partial charge on any atom is -0.476 e. The summed E-state index contributed by atoms with van der Waals surface area (Å²) in [4.78, 5) is 12.4. The summed E-state index contributed by atoms with van der Waals surface area (Å²) in [6.45, 7) is 0.427.